The summed E-state index contributed by atoms with van der Waals surface area (Å²) in [4.78, 5) is 11.0. The molecule has 8 nitrogen and oxygen atoms in total. The SMILES string of the molecule is Nc1nc(F)nc2c1ncn2[C@H]1CO[C@H](CO)O1. The predicted octanol–water partition coefficient (Wildman–Crippen LogP) is -0.589. The fourth-order valence-electron chi connectivity index (χ4n) is 1.81. The Balaban J connectivity index is 2.03. The first kappa shape index (κ1) is 11.3. The van der Waals surface area contributed by atoms with Gasteiger partial charge in [-0.05, 0) is 0 Å². The smallest absolute Gasteiger partial charge is 0.312 e. The van der Waals surface area contributed by atoms with Crippen LogP contribution in [0.5, 0.6) is 0 Å². The van der Waals surface area contributed by atoms with Crippen LogP contribution in [-0.2, 0) is 9.47 Å². The lowest BCUT2D eigenvalue weighted by atomic mass is 10.5. The van der Waals surface area contributed by atoms with Crippen LogP contribution in [0.2, 0.25) is 0 Å². The summed E-state index contributed by atoms with van der Waals surface area (Å²) in [6, 6.07) is 0. The zero-order valence-corrected chi connectivity index (χ0v) is 9.15. The molecule has 2 atom stereocenters. The van der Waals surface area contributed by atoms with Crippen LogP contribution in [-0.4, -0.2) is 44.1 Å². The molecule has 0 radical (unpaired) electrons. The van der Waals surface area contributed by atoms with Crippen LogP contribution in [0.4, 0.5) is 10.2 Å². The second-order valence-corrected chi connectivity index (χ2v) is 3.74. The van der Waals surface area contributed by atoms with Gasteiger partial charge in [-0.3, -0.25) is 4.57 Å². The first-order chi connectivity index (χ1) is 8.69. The molecule has 0 bridgehead atoms. The number of anilines is 1. The van der Waals surface area contributed by atoms with Gasteiger partial charge in [0.25, 0.3) is 0 Å². The molecule has 18 heavy (non-hydrogen) atoms. The molecule has 96 valence electrons. The number of aromatic nitrogens is 4. The molecule has 1 aliphatic rings. The van der Waals surface area contributed by atoms with Crippen LogP contribution < -0.4 is 5.73 Å². The first-order valence-corrected chi connectivity index (χ1v) is 5.22. The van der Waals surface area contributed by atoms with E-state index in [1.807, 2.05) is 0 Å². The molecule has 1 fully saturated rings. The van der Waals surface area contributed by atoms with Crippen molar-refractivity contribution in [3.63, 3.8) is 0 Å². The highest BCUT2D eigenvalue weighted by Gasteiger charge is 2.28. The average molecular weight is 255 g/mol. The molecule has 2 aromatic rings. The number of ether oxygens (including phenoxy) is 2. The van der Waals surface area contributed by atoms with Crippen molar-refractivity contribution < 1.29 is 19.0 Å². The van der Waals surface area contributed by atoms with E-state index in [4.69, 9.17) is 20.3 Å². The number of fused-ring (bicyclic) bond motifs is 1. The van der Waals surface area contributed by atoms with E-state index in [-0.39, 0.29) is 24.7 Å². The first-order valence-electron chi connectivity index (χ1n) is 5.22. The second kappa shape index (κ2) is 4.12. The zero-order chi connectivity index (χ0) is 12.7. The molecule has 0 saturated carbocycles. The highest BCUT2D eigenvalue weighted by molar-refractivity contribution is 5.81. The number of imidazole rings is 1. The molecule has 2 aromatic heterocycles. The topological polar surface area (TPSA) is 108 Å². The molecule has 0 amide bonds. The van der Waals surface area contributed by atoms with Crippen LogP contribution >= 0.6 is 0 Å². The Morgan fingerprint density at radius 1 is 1.56 bits per heavy atom. The van der Waals surface area contributed by atoms with Crippen molar-refractivity contribution in [1.29, 1.82) is 0 Å². The Kier molecular flexibility index (Phi) is 2.58. The minimum absolute atomic E-state index is 0.0335. The van der Waals surface area contributed by atoms with Gasteiger partial charge in [-0.15, -0.1) is 0 Å². The van der Waals surface area contributed by atoms with Gasteiger partial charge in [0, 0.05) is 0 Å². The van der Waals surface area contributed by atoms with Gasteiger partial charge in [-0.2, -0.15) is 14.4 Å². The summed E-state index contributed by atoms with van der Waals surface area (Å²) < 4.78 is 25.2. The van der Waals surface area contributed by atoms with Gasteiger partial charge in [0.1, 0.15) is 0 Å². The molecule has 1 aliphatic heterocycles. The van der Waals surface area contributed by atoms with Crippen LogP contribution in [0.15, 0.2) is 6.33 Å². The fourth-order valence-corrected chi connectivity index (χ4v) is 1.81. The number of hydrogen-bond donors (Lipinski definition) is 2. The highest BCUT2D eigenvalue weighted by atomic mass is 19.1. The van der Waals surface area contributed by atoms with Gasteiger partial charge in [0.15, 0.2) is 29.5 Å². The van der Waals surface area contributed by atoms with E-state index in [1.165, 1.54) is 10.9 Å². The summed E-state index contributed by atoms with van der Waals surface area (Å²) in [5.41, 5.74) is 6.07. The lowest BCUT2D eigenvalue weighted by molar-refractivity contribution is -0.0980. The largest absolute Gasteiger partial charge is 0.391 e. The molecular weight excluding hydrogens is 245 g/mol. The number of nitrogens with two attached hydrogens (primary N) is 1. The third kappa shape index (κ3) is 1.68. The molecule has 9 heteroatoms. The maximum absolute atomic E-state index is 13.1. The van der Waals surface area contributed by atoms with Crippen LogP contribution in [0.1, 0.15) is 6.23 Å². The minimum atomic E-state index is -0.931. The van der Waals surface area contributed by atoms with E-state index in [9.17, 15) is 4.39 Å². The minimum Gasteiger partial charge on any atom is -0.391 e. The Morgan fingerprint density at radius 3 is 3.11 bits per heavy atom. The molecule has 0 unspecified atom stereocenters. The Hall–Kier alpha value is -1.84. The van der Waals surface area contributed by atoms with Gasteiger partial charge in [-0.1, -0.05) is 0 Å². The van der Waals surface area contributed by atoms with Crippen LogP contribution in [0.3, 0.4) is 0 Å². The second-order valence-electron chi connectivity index (χ2n) is 3.74. The zero-order valence-electron chi connectivity index (χ0n) is 9.15. The molecular formula is C9H10FN5O3. The van der Waals surface area contributed by atoms with Gasteiger partial charge < -0.3 is 20.3 Å². The average Bonchev–Trinajstić information content (AvgIpc) is 2.93. The van der Waals surface area contributed by atoms with Crippen molar-refractivity contribution in [2.24, 2.45) is 0 Å². The number of aliphatic hydroxyl groups excluding tert-OH is 1. The Bertz CT molecular complexity index is 589. The third-order valence-electron chi connectivity index (χ3n) is 2.61. The van der Waals surface area contributed by atoms with Gasteiger partial charge in [0.05, 0.1) is 19.5 Å². The third-order valence-corrected chi connectivity index (χ3v) is 2.61. The van der Waals surface area contributed by atoms with Crippen LogP contribution in [0.25, 0.3) is 11.2 Å². The summed E-state index contributed by atoms with van der Waals surface area (Å²) in [7, 11) is 0. The predicted molar refractivity (Wildman–Crippen MR) is 56.6 cm³/mol. The van der Waals surface area contributed by atoms with Gasteiger partial charge >= 0.3 is 6.08 Å². The monoisotopic (exact) mass is 255 g/mol. The summed E-state index contributed by atoms with van der Waals surface area (Å²) >= 11 is 0. The number of nitrogen functional groups attached to an aromatic ring is 1. The summed E-state index contributed by atoms with van der Waals surface area (Å²) in [5, 5.41) is 8.90. The number of aliphatic hydroxyl groups is 1. The molecule has 3 rings (SSSR count). The maximum atomic E-state index is 13.1. The van der Waals surface area contributed by atoms with E-state index >= 15 is 0 Å². The normalized spacial score (nSPS) is 23.9. The van der Waals surface area contributed by atoms with E-state index in [0.717, 1.165) is 0 Å². The lowest BCUT2D eigenvalue weighted by Crippen LogP contribution is -2.15. The van der Waals surface area contributed by atoms with E-state index in [2.05, 4.69) is 15.0 Å². The molecule has 1 saturated heterocycles. The molecule has 0 aromatic carbocycles. The quantitative estimate of drug-likeness (QED) is 0.690. The number of nitrogens with zero attached hydrogens (tertiary/aromatic N) is 4. The van der Waals surface area contributed by atoms with Crippen LogP contribution in [0, 0.1) is 6.08 Å². The van der Waals surface area contributed by atoms with Gasteiger partial charge in [-0.25, -0.2) is 4.98 Å². The lowest BCUT2D eigenvalue weighted by Gasteiger charge is -2.11. The summed E-state index contributed by atoms with van der Waals surface area (Å²) in [6.07, 6.45) is -0.736. The number of hydrogen-bond acceptors (Lipinski definition) is 7. The van der Waals surface area contributed by atoms with Crippen molar-refractivity contribution in [2.45, 2.75) is 12.5 Å². The summed E-state index contributed by atoms with van der Waals surface area (Å²) in [5.74, 6) is -0.0335. The number of rotatable bonds is 2. The number of halogens is 1. The van der Waals surface area contributed by atoms with E-state index in [1.54, 1.807) is 0 Å². The van der Waals surface area contributed by atoms with Crippen molar-refractivity contribution in [3.8, 4) is 0 Å². The Morgan fingerprint density at radius 2 is 2.39 bits per heavy atom. The van der Waals surface area contributed by atoms with Crippen molar-refractivity contribution >= 4 is 17.0 Å². The van der Waals surface area contributed by atoms with Gasteiger partial charge in [0.2, 0.25) is 0 Å². The van der Waals surface area contributed by atoms with Crippen molar-refractivity contribution in [1.82, 2.24) is 19.5 Å². The molecule has 3 heterocycles. The maximum Gasteiger partial charge on any atom is 0.312 e. The van der Waals surface area contributed by atoms with E-state index < -0.39 is 18.6 Å². The summed E-state index contributed by atoms with van der Waals surface area (Å²) in [6.45, 7) is -0.0448. The fraction of sp³-hybridized carbons (Fsp3) is 0.444. The molecule has 0 spiro atoms. The van der Waals surface area contributed by atoms with Crippen molar-refractivity contribution in [3.05, 3.63) is 12.4 Å². The van der Waals surface area contributed by atoms with Crippen molar-refractivity contribution in [2.75, 3.05) is 18.9 Å². The molecule has 0 aliphatic carbocycles. The standard InChI is InChI=1S/C9H10FN5O3/c10-9-13-7(11)6-8(14-9)15(3-12-6)4-2-17-5(1-16)18-4/h3-5,16H,1-2H2,(H2,11,13,14)/t4-,5+/m1/s1. The van der Waals surface area contributed by atoms with E-state index in [0.29, 0.717) is 5.52 Å². The highest BCUT2D eigenvalue weighted by Crippen LogP contribution is 2.25. The molecule has 3 N–H and O–H groups in total. The Labute approximate surface area is 100 Å².